The molecule has 6 nitrogen and oxygen atoms in total. The number of thiophene rings is 1. The third-order valence-electron chi connectivity index (χ3n) is 4.58. The molecule has 0 spiro atoms. The van der Waals surface area contributed by atoms with Crippen LogP contribution in [0.1, 0.15) is 32.6 Å². The number of aryl methyl sites for hydroxylation is 2. The van der Waals surface area contributed by atoms with Crippen LogP contribution in [0, 0.1) is 13.8 Å². The van der Waals surface area contributed by atoms with Crippen molar-refractivity contribution in [3.63, 3.8) is 0 Å². The summed E-state index contributed by atoms with van der Waals surface area (Å²) in [4.78, 5) is 13.0. The van der Waals surface area contributed by atoms with Crippen molar-refractivity contribution < 1.29 is 13.9 Å². The van der Waals surface area contributed by atoms with E-state index in [1.807, 2.05) is 30.3 Å². The van der Waals surface area contributed by atoms with E-state index >= 15 is 0 Å². The van der Waals surface area contributed by atoms with E-state index in [-0.39, 0.29) is 12.4 Å². The van der Waals surface area contributed by atoms with Crippen LogP contribution in [0.15, 0.2) is 70.2 Å². The Kier molecular flexibility index (Phi) is 6.25. The summed E-state index contributed by atoms with van der Waals surface area (Å²) in [5, 5.41) is 3.91. The normalized spacial score (nSPS) is 11.2. The fourth-order valence-electron chi connectivity index (χ4n) is 3.11. The van der Waals surface area contributed by atoms with E-state index in [9.17, 15) is 4.79 Å². The fourth-order valence-corrected chi connectivity index (χ4v) is 4.04. The van der Waals surface area contributed by atoms with E-state index in [1.165, 1.54) is 28.9 Å². The van der Waals surface area contributed by atoms with Crippen LogP contribution in [-0.2, 0) is 6.61 Å². The van der Waals surface area contributed by atoms with Crippen LogP contribution in [0.25, 0.3) is 5.69 Å². The van der Waals surface area contributed by atoms with Gasteiger partial charge >= 0.3 is 5.91 Å². The summed E-state index contributed by atoms with van der Waals surface area (Å²) in [6.45, 7) is 4.36. The number of nitrogens with one attached hydrogen (secondary N) is 1. The summed E-state index contributed by atoms with van der Waals surface area (Å²) < 4.78 is 14.2. The van der Waals surface area contributed by atoms with Crippen molar-refractivity contribution in [2.24, 2.45) is 5.10 Å². The molecule has 0 aliphatic carbocycles. The number of ether oxygens (including phenoxy) is 1. The molecule has 158 valence electrons. The number of benzene rings is 1. The smallest absolute Gasteiger partial charge is 0.307 e. The lowest BCUT2D eigenvalue weighted by molar-refractivity contribution is 0.0923. The highest BCUT2D eigenvalue weighted by atomic mass is 35.5. The lowest BCUT2D eigenvalue weighted by Gasteiger charge is -2.10. The number of hydrogen-bond donors (Lipinski definition) is 1. The Morgan fingerprint density at radius 1 is 1.10 bits per heavy atom. The van der Waals surface area contributed by atoms with Gasteiger partial charge in [0, 0.05) is 22.0 Å². The molecule has 0 saturated heterocycles. The van der Waals surface area contributed by atoms with Crippen molar-refractivity contribution in [3.8, 4) is 11.4 Å². The first-order valence-corrected chi connectivity index (χ1v) is 10.7. The molecule has 0 bridgehead atoms. The Morgan fingerprint density at radius 3 is 2.52 bits per heavy atom. The van der Waals surface area contributed by atoms with Gasteiger partial charge < -0.3 is 13.7 Å². The van der Waals surface area contributed by atoms with Crippen LogP contribution in [0.3, 0.4) is 0 Å². The first-order valence-electron chi connectivity index (χ1n) is 9.55. The lowest BCUT2D eigenvalue weighted by Crippen LogP contribution is -2.16. The largest absolute Gasteiger partial charge is 0.486 e. The van der Waals surface area contributed by atoms with Gasteiger partial charge in [-0.15, -0.1) is 11.3 Å². The molecule has 0 radical (unpaired) electrons. The fraction of sp³-hybridized carbons (Fsp3) is 0.130. The van der Waals surface area contributed by atoms with E-state index in [0.717, 1.165) is 10.6 Å². The van der Waals surface area contributed by atoms with E-state index in [2.05, 4.69) is 41.1 Å². The molecule has 4 rings (SSSR count). The number of carbonyl (C=O) groups is 1. The average Bonchev–Trinajstić information content (AvgIpc) is 3.48. The minimum Gasteiger partial charge on any atom is -0.486 e. The molecule has 4 aromatic rings. The van der Waals surface area contributed by atoms with E-state index < -0.39 is 5.91 Å². The molecular formula is C23H20ClN3O3S. The summed E-state index contributed by atoms with van der Waals surface area (Å²) in [6, 6.07) is 18.9. The Morgan fingerprint density at radius 2 is 1.84 bits per heavy atom. The molecule has 8 heteroatoms. The van der Waals surface area contributed by atoms with Crippen molar-refractivity contribution in [2.45, 2.75) is 20.5 Å². The molecule has 0 aliphatic heterocycles. The maximum Gasteiger partial charge on any atom is 0.307 e. The van der Waals surface area contributed by atoms with Gasteiger partial charge in [0.2, 0.25) is 0 Å². The van der Waals surface area contributed by atoms with E-state index in [4.69, 9.17) is 20.8 Å². The highest BCUT2D eigenvalue weighted by Gasteiger charge is 2.11. The molecule has 0 atom stereocenters. The van der Waals surface area contributed by atoms with Crippen LogP contribution in [-0.4, -0.2) is 16.7 Å². The molecular weight excluding hydrogens is 434 g/mol. The SMILES string of the molecule is Cc1ccc(C)n1-c1ccc(OCc2ccc(C(=O)NN=Cc3ccc(Cl)s3)o2)cc1. The van der Waals surface area contributed by atoms with E-state index in [1.54, 1.807) is 18.2 Å². The number of hydrogen-bond acceptors (Lipinski definition) is 5. The number of halogens is 1. The van der Waals surface area contributed by atoms with Crippen LogP contribution >= 0.6 is 22.9 Å². The standard InChI is InChI=1S/C23H20ClN3O3S/c1-15-3-4-16(2)27(15)17-5-7-18(8-6-17)29-14-19-9-11-21(30-19)23(28)26-25-13-20-10-12-22(24)31-20/h3-13H,14H2,1-2H3,(H,26,28). The molecule has 0 fully saturated rings. The Bertz CT molecular complexity index is 1200. The molecule has 1 amide bonds. The Labute approximate surface area is 188 Å². The zero-order chi connectivity index (χ0) is 21.8. The van der Waals surface area contributed by atoms with Crippen molar-refractivity contribution >= 4 is 35.1 Å². The summed E-state index contributed by atoms with van der Waals surface area (Å²) in [5.41, 5.74) is 5.86. The minimum absolute atomic E-state index is 0.161. The molecule has 1 N–H and O–H groups in total. The highest BCUT2D eigenvalue weighted by molar-refractivity contribution is 7.17. The second kappa shape index (κ2) is 9.24. The number of aromatic nitrogens is 1. The number of carbonyl (C=O) groups excluding carboxylic acids is 1. The van der Waals surface area contributed by atoms with Gasteiger partial charge in [-0.2, -0.15) is 5.10 Å². The maximum absolute atomic E-state index is 12.1. The van der Waals surface area contributed by atoms with Crippen molar-refractivity contribution in [1.82, 2.24) is 9.99 Å². The van der Waals surface area contributed by atoms with Gasteiger partial charge in [0.05, 0.1) is 10.6 Å². The number of nitrogens with zero attached hydrogens (tertiary/aromatic N) is 2. The molecule has 0 aliphatic rings. The second-order valence-corrected chi connectivity index (χ2v) is 8.59. The Hall–Kier alpha value is -3.29. The quantitative estimate of drug-likeness (QED) is 0.286. The average molecular weight is 454 g/mol. The molecule has 0 unspecified atom stereocenters. The van der Waals surface area contributed by atoms with Crippen molar-refractivity contribution in [3.05, 3.63) is 92.8 Å². The van der Waals surface area contributed by atoms with Crippen molar-refractivity contribution in [1.29, 1.82) is 0 Å². The van der Waals surface area contributed by atoms with Gasteiger partial charge in [-0.1, -0.05) is 11.6 Å². The molecule has 3 aromatic heterocycles. The number of rotatable bonds is 7. The predicted octanol–water partition coefficient (Wildman–Crippen LogP) is 5.74. The molecule has 3 heterocycles. The molecule has 31 heavy (non-hydrogen) atoms. The number of hydrazone groups is 1. The minimum atomic E-state index is -0.438. The first kappa shape index (κ1) is 21.0. The second-order valence-electron chi connectivity index (χ2n) is 6.84. The molecule has 1 aromatic carbocycles. The summed E-state index contributed by atoms with van der Waals surface area (Å²) >= 11 is 7.23. The monoisotopic (exact) mass is 453 g/mol. The van der Waals surface area contributed by atoms with E-state index in [0.29, 0.717) is 15.8 Å². The van der Waals surface area contributed by atoms with Crippen LogP contribution in [0.5, 0.6) is 5.75 Å². The topological polar surface area (TPSA) is 68.8 Å². The number of amides is 1. The van der Waals surface area contributed by atoms with Gasteiger partial charge in [-0.25, -0.2) is 5.43 Å². The lowest BCUT2D eigenvalue weighted by atomic mass is 10.3. The maximum atomic E-state index is 12.1. The van der Waals surface area contributed by atoms with Gasteiger partial charge in [0.15, 0.2) is 5.76 Å². The van der Waals surface area contributed by atoms with Gasteiger partial charge in [-0.3, -0.25) is 4.79 Å². The summed E-state index contributed by atoms with van der Waals surface area (Å²) in [6.07, 6.45) is 1.53. The van der Waals surface area contributed by atoms with Crippen LogP contribution in [0.4, 0.5) is 0 Å². The van der Waals surface area contributed by atoms with Crippen LogP contribution < -0.4 is 10.2 Å². The zero-order valence-corrected chi connectivity index (χ0v) is 18.5. The highest BCUT2D eigenvalue weighted by Crippen LogP contribution is 2.21. The summed E-state index contributed by atoms with van der Waals surface area (Å²) in [5.74, 6) is 0.981. The number of furan rings is 1. The van der Waals surface area contributed by atoms with Crippen molar-refractivity contribution in [2.75, 3.05) is 0 Å². The van der Waals surface area contributed by atoms with Gasteiger partial charge in [-0.05, 0) is 74.5 Å². The Balaban J connectivity index is 1.32. The van der Waals surface area contributed by atoms with Gasteiger partial charge in [0.25, 0.3) is 0 Å². The zero-order valence-electron chi connectivity index (χ0n) is 17.0. The van der Waals surface area contributed by atoms with Gasteiger partial charge in [0.1, 0.15) is 18.1 Å². The predicted molar refractivity (Wildman–Crippen MR) is 123 cm³/mol. The van der Waals surface area contributed by atoms with Crippen LogP contribution in [0.2, 0.25) is 4.34 Å². The summed E-state index contributed by atoms with van der Waals surface area (Å²) in [7, 11) is 0. The third kappa shape index (κ3) is 5.07. The third-order valence-corrected chi connectivity index (χ3v) is 5.75. The molecule has 0 saturated carbocycles. The first-order chi connectivity index (χ1) is 15.0.